The normalized spacial score (nSPS) is 13.5. The minimum absolute atomic E-state index is 0.712. The fourth-order valence-corrected chi connectivity index (χ4v) is 3.55. The summed E-state index contributed by atoms with van der Waals surface area (Å²) in [6, 6.07) is 24.7. The standard InChI is InChI=1S/C23H24O5S/c1-17(29(24)25)28-23(18-7-5-4-6-8-18,19-9-13-21(26-2)14-10-19)20-11-15-22(27-3)16-12-20/h4-17H,1-3H3,(H,24,25). The molecule has 0 saturated carbocycles. The molecule has 0 aliphatic rings. The monoisotopic (exact) mass is 412 g/mol. The lowest BCUT2D eigenvalue weighted by Crippen LogP contribution is -2.37. The molecule has 0 fully saturated rings. The first kappa shape index (κ1) is 21.0. The average Bonchev–Trinajstić information content (AvgIpc) is 2.78. The zero-order chi connectivity index (χ0) is 20.9. The first-order valence-corrected chi connectivity index (χ1v) is 10.3. The lowest BCUT2D eigenvalue weighted by Gasteiger charge is -2.37. The second-order valence-electron chi connectivity index (χ2n) is 6.47. The summed E-state index contributed by atoms with van der Waals surface area (Å²) in [5.41, 5.74) is 0.434. The number of rotatable bonds is 8. The zero-order valence-corrected chi connectivity index (χ0v) is 17.4. The molecule has 152 valence electrons. The van der Waals surface area contributed by atoms with Crippen molar-refractivity contribution in [3.63, 3.8) is 0 Å². The Morgan fingerprint density at radius 2 is 1.17 bits per heavy atom. The maximum atomic E-state index is 11.8. The lowest BCUT2D eigenvalue weighted by atomic mass is 9.80. The Balaban J connectivity index is 2.28. The minimum Gasteiger partial charge on any atom is -0.497 e. The molecule has 0 heterocycles. The van der Waals surface area contributed by atoms with Gasteiger partial charge in [-0.1, -0.05) is 54.6 Å². The molecule has 3 rings (SSSR count). The van der Waals surface area contributed by atoms with E-state index >= 15 is 0 Å². The van der Waals surface area contributed by atoms with Gasteiger partial charge < -0.3 is 18.8 Å². The van der Waals surface area contributed by atoms with Crippen LogP contribution < -0.4 is 9.47 Å². The van der Waals surface area contributed by atoms with E-state index in [1.54, 1.807) is 21.1 Å². The fraction of sp³-hybridized carbons (Fsp3) is 0.217. The SMILES string of the molecule is COc1ccc(C(OC(C)S(=O)O)(c2ccccc2)c2ccc(OC)cc2)cc1. The van der Waals surface area contributed by atoms with Crippen molar-refractivity contribution in [3.8, 4) is 11.5 Å². The molecule has 0 saturated heterocycles. The molecule has 3 aromatic carbocycles. The molecular weight excluding hydrogens is 388 g/mol. The van der Waals surface area contributed by atoms with Crippen LogP contribution >= 0.6 is 0 Å². The van der Waals surface area contributed by atoms with Gasteiger partial charge in [-0.25, -0.2) is 4.21 Å². The van der Waals surface area contributed by atoms with E-state index in [1.807, 2.05) is 78.9 Å². The average molecular weight is 413 g/mol. The molecule has 0 radical (unpaired) electrons. The largest absolute Gasteiger partial charge is 0.497 e. The van der Waals surface area contributed by atoms with E-state index in [4.69, 9.17) is 14.2 Å². The van der Waals surface area contributed by atoms with E-state index < -0.39 is 22.1 Å². The molecule has 0 spiro atoms. The third-order valence-electron chi connectivity index (χ3n) is 4.80. The van der Waals surface area contributed by atoms with Crippen LogP contribution in [0.4, 0.5) is 0 Å². The summed E-state index contributed by atoms with van der Waals surface area (Å²) in [6.45, 7) is 1.58. The van der Waals surface area contributed by atoms with Gasteiger partial charge in [-0.15, -0.1) is 0 Å². The Hall–Kier alpha value is -2.67. The van der Waals surface area contributed by atoms with Crippen molar-refractivity contribution in [2.45, 2.75) is 18.0 Å². The highest BCUT2D eigenvalue weighted by Gasteiger charge is 2.40. The Kier molecular flexibility index (Phi) is 6.69. The molecule has 6 heteroatoms. The second kappa shape index (κ2) is 9.22. The maximum absolute atomic E-state index is 11.8. The highest BCUT2D eigenvalue weighted by molar-refractivity contribution is 7.79. The molecule has 2 unspecified atom stereocenters. The molecule has 3 aromatic rings. The van der Waals surface area contributed by atoms with E-state index in [0.717, 1.165) is 16.7 Å². The van der Waals surface area contributed by atoms with Crippen LogP contribution in [0.1, 0.15) is 23.6 Å². The van der Waals surface area contributed by atoms with Gasteiger partial charge in [-0.3, -0.25) is 0 Å². The van der Waals surface area contributed by atoms with Gasteiger partial charge in [0.2, 0.25) is 0 Å². The smallest absolute Gasteiger partial charge is 0.182 e. The van der Waals surface area contributed by atoms with Crippen LogP contribution in [0, 0.1) is 0 Å². The lowest BCUT2D eigenvalue weighted by molar-refractivity contribution is -0.00139. The van der Waals surface area contributed by atoms with Crippen molar-refractivity contribution >= 4 is 11.1 Å². The summed E-state index contributed by atoms with van der Waals surface area (Å²) >= 11 is -2.16. The van der Waals surface area contributed by atoms with Crippen molar-refractivity contribution < 1.29 is 23.0 Å². The number of hydrogen-bond acceptors (Lipinski definition) is 4. The van der Waals surface area contributed by atoms with Crippen LogP contribution in [0.3, 0.4) is 0 Å². The second-order valence-corrected chi connectivity index (χ2v) is 7.68. The molecule has 1 N–H and O–H groups in total. The summed E-state index contributed by atoms with van der Waals surface area (Å²) in [4.78, 5) is 0. The molecule has 5 nitrogen and oxygen atoms in total. The van der Waals surface area contributed by atoms with E-state index in [9.17, 15) is 8.76 Å². The Labute approximate surface area is 173 Å². The Bertz CT molecular complexity index is 892. The third-order valence-corrected chi connectivity index (χ3v) is 5.46. The van der Waals surface area contributed by atoms with Gasteiger partial charge in [0.25, 0.3) is 0 Å². The van der Waals surface area contributed by atoms with E-state index in [2.05, 4.69) is 0 Å². The van der Waals surface area contributed by atoms with Gasteiger partial charge in [-0.05, 0) is 47.9 Å². The molecule has 0 bridgehead atoms. The molecule has 0 aliphatic heterocycles. The van der Waals surface area contributed by atoms with Gasteiger partial charge >= 0.3 is 0 Å². The predicted molar refractivity (Wildman–Crippen MR) is 114 cm³/mol. The van der Waals surface area contributed by atoms with E-state index in [0.29, 0.717) is 11.5 Å². The Morgan fingerprint density at radius 3 is 1.55 bits per heavy atom. The van der Waals surface area contributed by atoms with Gasteiger partial charge in [0.15, 0.2) is 16.5 Å². The molecular formula is C23H24O5S. The molecule has 0 amide bonds. The maximum Gasteiger partial charge on any atom is 0.182 e. The van der Waals surface area contributed by atoms with Crippen molar-refractivity contribution in [2.24, 2.45) is 0 Å². The summed E-state index contributed by atoms with van der Waals surface area (Å²) in [5.74, 6) is 1.42. The van der Waals surface area contributed by atoms with E-state index in [-0.39, 0.29) is 0 Å². The molecule has 0 aliphatic carbocycles. The van der Waals surface area contributed by atoms with Crippen molar-refractivity contribution in [2.75, 3.05) is 14.2 Å². The highest BCUT2D eigenvalue weighted by atomic mass is 32.2. The Morgan fingerprint density at radius 1 is 0.759 bits per heavy atom. The van der Waals surface area contributed by atoms with Gasteiger partial charge in [0.1, 0.15) is 17.1 Å². The summed E-state index contributed by atoms with van der Waals surface area (Å²) < 4.78 is 38.5. The summed E-state index contributed by atoms with van der Waals surface area (Å²) in [6.07, 6.45) is 0. The molecule has 0 aromatic heterocycles. The highest BCUT2D eigenvalue weighted by Crippen LogP contribution is 2.42. The quantitative estimate of drug-likeness (QED) is 0.433. The van der Waals surface area contributed by atoms with Crippen LogP contribution in [0.5, 0.6) is 11.5 Å². The van der Waals surface area contributed by atoms with Crippen molar-refractivity contribution in [1.82, 2.24) is 0 Å². The first-order chi connectivity index (χ1) is 14.0. The van der Waals surface area contributed by atoms with Crippen LogP contribution in [0.2, 0.25) is 0 Å². The number of benzene rings is 3. The van der Waals surface area contributed by atoms with Crippen LogP contribution in [0.15, 0.2) is 78.9 Å². The van der Waals surface area contributed by atoms with Crippen LogP contribution in [0.25, 0.3) is 0 Å². The number of ether oxygens (including phenoxy) is 3. The van der Waals surface area contributed by atoms with Crippen LogP contribution in [-0.2, 0) is 21.4 Å². The third kappa shape index (κ3) is 4.34. The van der Waals surface area contributed by atoms with Crippen molar-refractivity contribution in [3.05, 3.63) is 95.6 Å². The topological polar surface area (TPSA) is 65.0 Å². The van der Waals surface area contributed by atoms with Crippen molar-refractivity contribution in [1.29, 1.82) is 0 Å². The number of hydrogen-bond donors (Lipinski definition) is 1. The number of methoxy groups -OCH3 is 2. The minimum atomic E-state index is -2.16. The fourth-order valence-electron chi connectivity index (χ4n) is 3.32. The molecule has 2 atom stereocenters. The predicted octanol–water partition coefficient (Wildman–Crippen LogP) is 4.58. The summed E-state index contributed by atoms with van der Waals surface area (Å²) in [5, 5.41) is 0. The van der Waals surface area contributed by atoms with Gasteiger partial charge in [0.05, 0.1) is 14.2 Å². The van der Waals surface area contributed by atoms with Gasteiger partial charge in [-0.2, -0.15) is 0 Å². The zero-order valence-electron chi connectivity index (χ0n) is 16.6. The molecule has 29 heavy (non-hydrogen) atoms. The first-order valence-electron chi connectivity index (χ1n) is 9.13. The summed E-state index contributed by atoms with van der Waals surface area (Å²) in [7, 11) is 3.22. The van der Waals surface area contributed by atoms with Crippen LogP contribution in [-0.4, -0.2) is 28.4 Å². The van der Waals surface area contributed by atoms with Gasteiger partial charge in [0, 0.05) is 0 Å². The van der Waals surface area contributed by atoms with E-state index in [1.165, 1.54) is 0 Å².